The zero-order valence-corrected chi connectivity index (χ0v) is 11.8. The molecule has 1 aromatic rings. The van der Waals surface area contributed by atoms with Gasteiger partial charge in [-0.3, -0.25) is 0 Å². The van der Waals surface area contributed by atoms with Gasteiger partial charge in [-0.05, 0) is 41.4 Å². The van der Waals surface area contributed by atoms with Crippen molar-refractivity contribution < 1.29 is 0 Å². The topological polar surface area (TPSA) is 12.0 Å². The van der Waals surface area contributed by atoms with Crippen LogP contribution in [0.3, 0.4) is 0 Å². The van der Waals surface area contributed by atoms with Crippen molar-refractivity contribution in [2.75, 3.05) is 5.32 Å². The van der Waals surface area contributed by atoms with Crippen molar-refractivity contribution in [3.63, 3.8) is 0 Å². The average molecular weight is 231 g/mol. The van der Waals surface area contributed by atoms with Crippen molar-refractivity contribution >= 4 is 5.69 Å². The Hall–Kier alpha value is -0.980. The predicted molar refractivity (Wildman–Crippen MR) is 75.7 cm³/mol. The van der Waals surface area contributed by atoms with Crippen molar-refractivity contribution in [3.8, 4) is 0 Å². The standard InChI is InChI=1S/C16H25N/c1-6-11(2)12-7-8-14-13(9-12)10-15(17-14)16(3,4)5/h7-9,11,15,17H,6,10H2,1-5H3. The summed E-state index contributed by atoms with van der Waals surface area (Å²) in [5.74, 6) is 0.675. The quantitative estimate of drug-likeness (QED) is 0.785. The van der Waals surface area contributed by atoms with Crippen LogP contribution < -0.4 is 5.32 Å². The third-order valence-corrected chi connectivity index (χ3v) is 4.11. The second-order valence-electron chi connectivity index (χ2n) is 6.49. The Balaban J connectivity index is 2.22. The first-order valence-electron chi connectivity index (χ1n) is 6.81. The lowest BCUT2D eigenvalue weighted by molar-refractivity contribution is 0.347. The van der Waals surface area contributed by atoms with E-state index in [1.807, 2.05) is 0 Å². The maximum Gasteiger partial charge on any atom is 0.0376 e. The molecule has 2 atom stereocenters. The molecule has 0 aliphatic carbocycles. The summed E-state index contributed by atoms with van der Waals surface area (Å²) in [7, 11) is 0. The smallest absolute Gasteiger partial charge is 0.0376 e. The fraction of sp³-hybridized carbons (Fsp3) is 0.625. The molecule has 2 rings (SSSR count). The van der Waals surface area contributed by atoms with Crippen LogP contribution in [-0.2, 0) is 6.42 Å². The van der Waals surface area contributed by atoms with Gasteiger partial charge < -0.3 is 5.32 Å². The summed E-state index contributed by atoms with van der Waals surface area (Å²) in [6, 6.07) is 7.53. The van der Waals surface area contributed by atoms with Gasteiger partial charge in [0.1, 0.15) is 0 Å². The molecule has 1 nitrogen and oxygen atoms in total. The van der Waals surface area contributed by atoms with E-state index >= 15 is 0 Å². The van der Waals surface area contributed by atoms with Crippen LogP contribution in [0, 0.1) is 5.41 Å². The number of hydrogen-bond acceptors (Lipinski definition) is 1. The van der Waals surface area contributed by atoms with Crippen molar-refractivity contribution in [1.29, 1.82) is 0 Å². The maximum absolute atomic E-state index is 3.66. The molecule has 1 aliphatic heterocycles. The minimum absolute atomic E-state index is 0.329. The minimum atomic E-state index is 0.329. The zero-order valence-electron chi connectivity index (χ0n) is 11.8. The van der Waals surface area contributed by atoms with Crippen LogP contribution in [0.15, 0.2) is 18.2 Å². The molecular formula is C16H25N. The normalized spacial score (nSPS) is 20.9. The van der Waals surface area contributed by atoms with Crippen molar-refractivity contribution in [3.05, 3.63) is 29.3 Å². The fourth-order valence-electron chi connectivity index (χ4n) is 2.45. The largest absolute Gasteiger partial charge is 0.381 e. The minimum Gasteiger partial charge on any atom is -0.381 e. The van der Waals surface area contributed by atoms with E-state index in [-0.39, 0.29) is 0 Å². The van der Waals surface area contributed by atoms with Gasteiger partial charge in [-0.1, -0.05) is 46.8 Å². The first kappa shape index (κ1) is 12.5. The Bertz CT molecular complexity index is 400. The molecule has 1 aliphatic rings. The number of nitrogens with one attached hydrogen (secondary N) is 1. The van der Waals surface area contributed by atoms with Gasteiger partial charge >= 0.3 is 0 Å². The summed E-state index contributed by atoms with van der Waals surface area (Å²) < 4.78 is 0. The highest BCUT2D eigenvalue weighted by Crippen LogP contribution is 2.36. The van der Waals surface area contributed by atoms with Crippen LogP contribution >= 0.6 is 0 Å². The Kier molecular flexibility index (Phi) is 3.20. The zero-order chi connectivity index (χ0) is 12.6. The number of rotatable bonds is 2. The van der Waals surface area contributed by atoms with Gasteiger partial charge in [0, 0.05) is 11.7 Å². The Morgan fingerprint density at radius 2 is 2.06 bits per heavy atom. The van der Waals surface area contributed by atoms with Gasteiger partial charge in [0.25, 0.3) is 0 Å². The van der Waals surface area contributed by atoms with Crippen LogP contribution in [-0.4, -0.2) is 6.04 Å². The molecule has 0 radical (unpaired) electrons. The molecule has 0 saturated heterocycles. The number of anilines is 1. The van der Waals surface area contributed by atoms with Crippen LogP contribution in [0.1, 0.15) is 58.1 Å². The fourth-order valence-corrected chi connectivity index (χ4v) is 2.45. The summed E-state index contributed by atoms with van der Waals surface area (Å²) in [5.41, 5.74) is 4.66. The highest BCUT2D eigenvalue weighted by Gasteiger charge is 2.30. The van der Waals surface area contributed by atoms with E-state index in [9.17, 15) is 0 Å². The molecule has 0 spiro atoms. The molecule has 0 aromatic heterocycles. The van der Waals surface area contributed by atoms with Gasteiger partial charge in [0.05, 0.1) is 0 Å². The van der Waals surface area contributed by atoms with E-state index in [4.69, 9.17) is 0 Å². The number of benzene rings is 1. The highest BCUT2D eigenvalue weighted by atomic mass is 15.0. The van der Waals surface area contributed by atoms with Crippen molar-refractivity contribution in [2.24, 2.45) is 5.41 Å². The van der Waals surface area contributed by atoms with Crippen LogP contribution in [0.2, 0.25) is 0 Å². The molecule has 0 amide bonds. The molecule has 94 valence electrons. The molecule has 1 aromatic carbocycles. The predicted octanol–water partition coefficient (Wildman–Crippen LogP) is 4.58. The van der Waals surface area contributed by atoms with E-state index in [0.29, 0.717) is 17.4 Å². The third kappa shape index (κ3) is 2.48. The molecule has 1 N–H and O–H groups in total. The molecule has 1 heterocycles. The summed E-state index contributed by atoms with van der Waals surface area (Å²) in [6.45, 7) is 11.5. The monoisotopic (exact) mass is 231 g/mol. The van der Waals surface area contributed by atoms with E-state index in [0.717, 1.165) is 0 Å². The van der Waals surface area contributed by atoms with E-state index in [2.05, 4.69) is 58.1 Å². The third-order valence-electron chi connectivity index (χ3n) is 4.11. The molecular weight excluding hydrogens is 206 g/mol. The lowest BCUT2D eigenvalue weighted by Gasteiger charge is -2.27. The first-order valence-corrected chi connectivity index (χ1v) is 6.81. The Labute approximate surface area is 106 Å². The lowest BCUT2D eigenvalue weighted by atomic mass is 9.85. The first-order chi connectivity index (χ1) is 7.91. The van der Waals surface area contributed by atoms with Gasteiger partial charge in [-0.2, -0.15) is 0 Å². The van der Waals surface area contributed by atoms with Crippen molar-refractivity contribution in [2.45, 2.75) is 59.4 Å². The SMILES string of the molecule is CCC(C)c1ccc2c(c1)CC(C(C)(C)C)N2. The van der Waals surface area contributed by atoms with Crippen LogP contribution in [0.4, 0.5) is 5.69 Å². The lowest BCUT2D eigenvalue weighted by Crippen LogP contribution is -2.31. The Morgan fingerprint density at radius 3 is 2.65 bits per heavy atom. The van der Waals surface area contributed by atoms with Crippen LogP contribution in [0.25, 0.3) is 0 Å². The van der Waals surface area contributed by atoms with Gasteiger partial charge in [0.15, 0.2) is 0 Å². The second kappa shape index (κ2) is 4.36. The molecule has 0 fully saturated rings. The average Bonchev–Trinajstić information content (AvgIpc) is 2.70. The number of fused-ring (bicyclic) bond motifs is 1. The summed E-state index contributed by atoms with van der Waals surface area (Å²) in [6.07, 6.45) is 2.39. The molecule has 0 saturated carbocycles. The summed E-state index contributed by atoms with van der Waals surface area (Å²) in [5, 5.41) is 3.66. The van der Waals surface area contributed by atoms with Gasteiger partial charge in [-0.25, -0.2) is 0 Å². The molecule has 17 heavy (non-hydrogen) atoms. The van der Waals surface area contributed by atoms with E-state index in [1.165, 1.54) is 29.7 Å². The summed E-state index contributed by atoms with van der Waals surface area (Å²) in [4.78, 5) is 0. The second-order valence-corrected chi connectivity index (χ2v) is 6.49. The van der Waals surface area contributed by atoms with Gasteiger partial charge in [0.2, 0.25) is 0 Å². The maximum atomic E-state index is 3.66. The van der Waals surface area contributed by atoms with Gasteiger partial charge in [-0.15, -0.1) is 0 Å². The Morgan fingerprint density at radius 1 is 1.35 bits per heavy atom. The van der Waals surface area contributed by atoms with E-state index < -0.39 is 0 Å². The van der Waals surface area contributed by atoms with Crippen molar-refractivity contribution in [1.82, 2.24) is 0 Å². The molecule has 2 unspecified atom stereocenters. The molecule has 1 heteroatoms. The highest BCUT2D eigenvalue weighted by molar-refractivity contribution is 5.58. The number of hydrogen-bond donors (Lipinski definition) is 1. The van der Waals surface area contributed by atoms with Crippen LogP contribution in [0.5, 0.6) is 0 Å². The van der Waals surface area contributed by atoms with E-state index in [1.54, 1.807) is 0 Å². The summed E-state index contributed by atoms with van der Waals surface area (Å²) >= 11 is 0. The molecule has 0 bridgehead atoms.